The van der Waals surface area contributed by atoms with Crippen LogP contribution < -0.4 is 14.4 Å². The van der Waals surface area contributed by atoms with Gasteiger partial charge in [0.15, 0.2) is 12.6 Å². The maximum Gasteiger partial charge on any atom is 0.410 e. The molecule has 4 heterocycles. The fraction of sp³-hybridized carbons (Fsp3) is 0.500. The fourth-order valence-corrected chi connectivity index (χ4v) is 15.7. The summed E-state index contributed by atoms with van der Waals surface area (Å²) in [6.07, 6.45) is 5.97. The van der Waals surface area contributed by atoms with Gasteiger partial charge in [-0.25, -0.2) is 9.18 Å². The molecule has 2 aliphatic heterocycles. The summed E-state index contributed by atoms with van der Waals surface area (Å²) in [5, 5.41) is 2.31. The van der Waals surface area contributed by atoms with E-state index in [0.717, 1.165) is 54.1 Å². The molecule has 12 heteroatoms. The zero-order valence-corrected chi connectivity index (χ0v) is 40.3. The quantitative estimate of drug-likeness (QED) is 0.0650. The van der Waals surface area contributed by atoms with Gasteiger partial charge < -0.3 is 23.8 Å². The van der Waals surface area contributed by atoms with Crippen LogP contribution in [0.5, 0.6) is 11.8 Å². The first kappa shape index (κ1) is 45.3. The normalized spacial score (nSPS) is 18.2. The lowest BCUT2D eigenvalue weighted by Crippen LogP contribution is -2.57. The first-order valence-corrected chi connectivity index (χ1v) is 25.3. The SMILES string of the molecule is COCOc1cc(-c2ccc3c(N4CC5CCC(C4)N5C(=O)OC(C)(C)C)nc(OCC4(Cc5ccccn5)CC4)nc3c2F)c2c(C#C[Si](C(C)C)(C(C)C)C(C)C)cccc2c1. The predicted molar refractivity (Wildman–Crippen MR) is 255 cm³/mol. The van der Waals surface area contributed by atoms with Gasteiger partial charge >= 0.3 is 12.1 Å². The molecular formula is C52H64FN5O5Si. The van der Waals surface area contributed by atoms with E-state index in [2.05, 4.69) is 62.9 Å². The number of benzene rings is 3. The number of pyridine rings is 1. The predicted octanol–water partition coefficient (Wildman–Crippen LogP) is 11.5. The van der Waals surface area contributed by atoms with E-state index < -0.39 is 19.5 Å². The topological polar surface area (TPSA) is 99.1 Å². The zero-order chi connectivity index (χ0) is 45.6. The maximum atomic E-state index is 17.9. The molecule has 2 unspecified atom stereocenters. The minimum absolute atomic E-state index is 0.0399. The number of amides is 1. The van der Waals surface area contributed by atoms with Gasteiger partial charge in [-0.05, 0) is 117 Å². The fourth-order valence-electron chi connectivity index (χ4n) is 10.5. The minimum Gasteiger partial charge on any atom is -0.468 e. The van der Waals surface area contributed by atoms with E-state index in [4.69, 9.17) is 28.9 Å². The lowest BCUT2D eigenvalue weighted by atomic mass is 9.93. The standard InChI is InChI=1S/C52H64FN5O5Si/c1-33(2)64(34(3)4,35(5)6)25-21-36-14-13-15-37-26-41(62-32-60-10)27-44(45(36)37)42-19-20-43-47(46(42)53)55-49(61-31-52(22-23-52)28-38-16-11-12-24-54-38)56-48(43)57-29-39-17-18-40(30-57)58(39)50(59)63-51(7,8)9/h11-16,19-20,24,26-27,33-35,39-40H,17-18,22-23,28-32H2,1-10H3. The number of nitrogens with zero attached hydrogens (tertiary/aromatic N) is 5. The summed E-state index contributed by atoms with van der Waals surface area (Å²) in [5.41, 5.74) is 7.60. The second-order valence-electron chi connectivity index (χ2n) is 20.2. The molecule has 5 aromatic rings. The number of piperazine rings is 1. The van der Waals surface area contributed by atoms with Gasteiger partial charge in [0.1, 0.15) is 30.8 Å². The molecule has 1 saturated carbocycles. The van der Waals surface area contributed by atoms with E-state index in [1.54, 1.807) is 7.11 Å². The molecule has 1 aliphatic carbocycles. The Hall–Kier alpha value is -5.25. The van der Waals surface area contributed by atoms with Gasteiger partial charge in [-0.3, -0.25) is 9.88 Å². The summed E-state index contributed by atoms with van der Waals surface area (Å²) in [7, 11) is -0.530. The highest BCUT2D eigenvalue weighted by Gasteiger charge is 2.46. The number of carbonyl (C=O) groups excluding carboxylic acids is 1. The smallest absolute Gasteiger partial charge is 0.410 e. The molecule has 10 nitrogen and oxygen atoms in total. The van der Waals surface area contributed by atoms with Crippen molar-refractivity contribution in [1.29, 1.82) is 0 Å². The van der Waals surface area contributed by atoms with E-state index >= 15 is 4.39 Å². The van der Waals surface area contributed by atoms with Crippen molar-refractivity contribution >= 4 is 41.7 Å². The summed E-state index contributed by atoms with van der Waals surface area (Å²) < 4.78 is 41.7. The average Bonchev–Trinajstić information content (AvgIpc) is 3.96. The van der Waals surface area contributed by atoms with Gasteiger partial charge in [0.2, 0.25) is 0 Å². The van der Waals surface area contributed by atoms with Crippen LogP contribution in [0, 0.1) is 22.7 Å². The van der Waals surface area contributed by atoms with Crippen molar-refractivity contribution in [1.82, 2.24) is 19.9 Å². The number of fused-ring (bicyclic) bond motifs is 4. The Labute approximate surface area is 379 Å². The zero-order valence-electron chi connectivity index (χ0n) is 39.3. The Balaban J connectivity index is 1.26. The van der Waals surface area contributed by atoms with Crippen molar-refractivity contribution in [3.05, 3.63) is 83.9 Å². The van der Waals surface area contributed by atoms with Gasteiger partial charge in [-0.1, -0.05) is 71.7 Å². The van der Waals surface area contributed by atoms with Gasteiger partial charge in [0.25, 0.3) is 0 Å². The number of anilines is 1. The molecule has 2 aromatic heterocycles. The lowest BCUT2D eigenvalue weighted by Gasteiger charge is -2.42. The molecule has 2 bridgehead atoms. The summed E-state index contributed by atoms with van der Waals surface area (Å²) in [6.45, 7) is 21.0. The number of ether oxygens (including phenoxy) is 4. The van der Waals surface area contributed by atoms with E-state index in [1.807, 2.05) is 92.5 Å². The second kappa shape index (κ2) is 18.0. The molecule has 2 saturated heterocycles. The molecule has 1 amide bonds. The lowest BCUT2D eigenvalue weighted by molar-refractivity contribution is 0.0122. The van der Waals surface area contributed by atoms with Crippen LogP contribution in [0.2, 0.25) is 16.6 Å². The first-order valence-electron chi connectivity index (χ1n) is 23.0. The number of carbonyl (C=O) groups is 1. The number of methoxy groups -OCH3 is 1. The Morgan fingerprint density at radius 2 is 1.62 bits per heavy atom. The monoisotopic (exact) mass is 885 g/mol. The van der Waals surface area contributed by atoms with Crippen LogP contribution >= 0.6 is 0 Å². The highest BCUT2D eigenvalue weighted by Crippen LogP contribution is 2.49. The highest BCUT2D eigenvalue weighted by atomic mass is 28.3. The number of hydrogen-bond donors (Lipinski definition) is 0. The maximum absolute atomic E-state index is 17.9. The van der Waals surface area contributed by atoms with Crippen LogP contribution in [0.3, 0.4) is 0 Å². The molecule has 0 N–H and O–H groups in total. The molecule has 64 heavy (non-hydrogen) atoms. The third-order valence-corrected chi connectivity index (χ3v) is 20.1. The summed E-state index contributed by atoms with van der Waals surface area (Å²) in [6, 6.07) is 19.6. The minimum atomic E-state index is -2.11. The van der Waals surface area contributed by atoms with Crippen molar-refractivity contribution < 1.29 is 28.1 Å². The molecule has 0 radical (unpaired) electrons. The average molecular weight is 886 g/mol. The van der Waals surface area contributed by atoms with Crippen LogP contribution in [-0.4, -0.2) is 85.3 Å². The molecular weight excluding hydrogens is 822 g/mol. The van der Waals surface area contributed by atoms with E-state index in [9.17, 15) is 4.79 Å². The summed E-state index contributed by atoms with van der Waals surface area (Å²) >= 11 is 0. The Morgan fingerprint density at radius 3 is 2.25 bits per heavy atom. The van der Waals surface area contributed by atoms with Crippen LogP contribution in [-0.2, 0) is 15.9 Å². The highest BCUT2D eigenvalue weighted by molar-refractivity contribution is 6.90. The summed E-state index contributed by atoms with van der Waals surface area (Å²) in [4.78, 5) is 32.1. The second-order valence-corrected chi connectivity index (χ2v) is 25.8. The largest absolute Gasteiger partial charge is 0.468 e. The Bertz CT molecular complexity index is 2550. The van der Waals surface area contributed by atoms with Gasteiger partial charge in [-0.2, -0.15) is 9.97 Å². The number of hydrogen-bond acceptors (Lipinski definition) is 9. The third kappa shape index (κ3) is 9.03. The first-order chi connectivity index (χ1) is 30.5. The van der Waals surface area contributed by atoms with Crippen LogP contribution in [0.15, 0.2) is 66.9 Å². The molecule has 2 atom stereocenters. The molecule has 3 fully saturated rings. The van der Waals surface area contributed by atoms with Gasteiger partial charge in [-0.15, -0.1) is 5.54 Å². The number of aromatic nitrogens is 3. The molecule has 3 aromatic carbocycles. The van der Waals surface area contributed by atoms with E-state index in [1.165, 1.54) is 0 Å². The van der Waals surface area contributed by atoms with Crippen molar-refractivity contribution in [2.24, 2.45) is 5.41 Å². The van der Waals surface area contributed by atoms with Crippen molar-refractivity contribution in [3.8, 4) is 34.4 Å². The Morgan fingerprint density at radius 1 is 0.906 bits per heavy atom. The van der Waals surface area contributed by atoms with Crippen molar-refractivity contribution in [2.75, 3.05) is 38.5 Å². The van der Waals surface area contributed by atoms with Gasteiger partial charge in [0, 0.05) is 59.4 Å². The van der Waals surface area contributed by atoms with Crippen LogP contribution in [0.4, 0.5) is 15.0 Å². The van der Waals surface area contributed by atoms with Crippen molar-refractivity contribution in [3.63, 3.8) is 0 Å². The number of rotatable bonds is 13. The molecule has 8 rings (SSSR count). The van der Waals surface area contributed by atoms with Crippen molar-refractivity contribution in [2.45, 2.75) is 129 Å². The van der Waals surface area contributed by atoms with Gasteiger partial charge in [0.05, 0.1) is 18.7 Å². The molecule has 3 aliphatic rings. The third-order valence-electron chi connectivity index (χ3n) is 13.8. The van der Waals surface area contributed by atoms with E-state index in [0.29, 0.717) is 64.4 Å². The van der Waals surface area contributed by atoms with Crippen LogP contribution in [0.25, 0.3) is 32.8 Å². The Kier molecular flexibility index (Phi) is 12.7. The number of halogens is 1. The molecule has 0 spiro atoms. The molecule has 338 valence electrons. The van der Waals surface area contributed by atoms with Crippen LogP contribution in [0.1, 0.15) is 99.3 Å². The van der Waals surface area contributed by atoms with E-state index in [-0.39, 0.29) is 41.9 Å². The summed E-state index contributed by atoms with van der Waals surface area (Å²) in [5.74, 6) is 4.34.